The molecule has 1 aromatic heterocycles. The van der Waals surface area contributed by atoms with Crippen LogP contribution in [0.3, 0.4) is 0 Å². The van der Waals surface area contributed by atoms with Gasteiger partial charge in [0.15, 0.2) is 0 Å². The van der Waals surface area contributed by atoms with Crippen LogP contribution >= 0.6 is 0 Å². The van der Waals surface area contributed by atoms with Crippen LogP contribution in [-0.4, -0.2) is 53.7 Å². The molecule has 1 aliphatic carbocycles. The van der Waals surface area contributed by atoms with E-state index in [0.29, 0.717) is 25.9 Å². The Morgan fingerprint density at radius 3 is 2.52 bits per heavy atom. The first kappa shape index (κ1) is 20.3. The summed E-state index contributed by atoms with van der Waals surface area (Å²) in [5, 5.41) is 0. The number of carbonyl (C=O) groups excluding carboxylic acids is 1. The van der Waals surface area contributed by atoms with E-state index < -0.39 is 27.7 Å². The van der Waals surface area contributed by atoms with E-state index in [0.717, 1.165) is 6.07 Å². The first-order valence-electron chi connectivity index (χ1n) is 10.1. The highest BCUT2D eigenvalue weighted by atomic mass is 32.2. The molecule has 6 nitrogen and oxygen atoms in total. The SMILES string of the molecule is CC1C=C(F)c2ncccc2C(=O)N1C1CC2(C1)CN(S(=O)(=O)c1ccccc1F)C2. The van der Waals surface area contributed by atoms with Gasteiger partial charge in [-0.15, -0.1) is 0 Å². The van der Waals surface area contributed by atoms with Crippen LogP contribution in [0.4, 0.5) is 8.78 Å². The smallest absolute Gasteiger partial charge is 0.256 e. The molecule has 31 heavy (non-hydrogen) atoms. The van der Waals surface area contributed by atoms with E-state index in [4.69, 9.17) is 0 Å². The van der Waals surface area contributed by atoms with Crippen molar-refractivity contribution >= 4 is 21.8 Å². The number of amides is 1. The van der Waals surface area contributed by atoms with Crippen LogP contribution in [0.1, 0.15) is 35.8 Å². The number of halogens is 2. The molecule has 1 saturated carbocycles. The second-order valence-electron chi connectivity index (χ2n) is 8.63. The topological polar surface area (TPSA) is 70.6 Å². The zero-order valence-corrected chi connectivity index (χ0v) is 17.6. The first-order chi connectivity index (χ1) is 14.7. The molecule has 1 amide bonds. The van der Waals surface area contributed by atoms with Gasteiger partial charge >= 0.3 is 0 Å². The lowest BCUT2D eigenvalue weighted by atomic mass is 9.61. The third-order valence-electron chi connectivity index (χ3n) is 6.53. The van der Waals surface area contributed by atoms with Crippen LogP contribution in [0.5, 0.6) is 0 Å². The third kappa shape index (κ3) is 3.10. The van der Waals surface area contributed by atoms with Crippen molar-refractivity contribution in [3.63, 3.8) is 0 Å². The van der Waals surface area contributed by atoms with Crippen molar-refractivity contribution in [1.29, 1.82) is 0 Å². The number of hydrogen-bond donors (Lipinski definition) is 0. The lowest BCUT2D eigenvalue weighted by molar-refractivity contribution is -0.0704. The van der Waals surface area contributed by atoms with E-state index in [-0.39, 0.29) is 33.5 Å². The summed E-state index contributed by atoms with van der Waals surface area (Å²) in [6.45, 7) is 2.35. The van der Waals surface area contributed by atoms with Crippen molar-refractivity contribution in [2.24, 2.45) is 5.41 Å². The Morgan fingerprint density at radius 1 is 1.10 bits per heavy atom. The molecular weight excluding hydrogens is 424 g/mol. The summed E-state index contributed by atoms with van der Waals surface area (Å²) < 4.78 is 55.3. The normalized spacial score (nSPS) is 23.6. The molecule has 1 saturated heterocycles. The van der Waals surface area contributed by atoms with Crippen LogP contribution in [0.15, 0.2) is 53.6 Å². The Labute approximate surface area is 179 Å². The molecule has 2 aromatic rings. The van der Waals surface area contributed by atoms with Crippen LogP contribution in [0.25, 0.3) is 5.83 Å². The molecule has 0 bridgehead atoms. The fourth-order valence-electron chi connectivity index (χ4n) is 5.02. The van der Waals surface area contributed by atoms with Crippen LogP contribution in [0.2, 0.25) is 0 Å². The standard InChI is InChI=1S/C22H21F2N3O3S/c1-14-9-18(24)20-16(5-4-8-25-20)21(28)27(14)15-10-22(11-15)12-26(13-22)31(29,30)19-7-3-2-6-17(19)23/h2-9,14-15H,10-13H2,1H3. The van der Waals surface area contributed by atoms with E-state index in [1.165, 1.54) is 34.8 Å². The van der Waals surface area contributed by atoms with Crippen molar-refractivity contribution in [2.75, 3.05) is 13.1 Å². The molecule has 162 valence electrons. The molecule has 3 aliphatic rings. The van der Waals surface area contributed by atoms with Crippen molar-refractivity contribution in [3.8, 4) is 0 Å². The van der Waals surface area contributed by atoms with Gasteiger partial charge in [0, 0.05) is 30.7 Å². The number of nitrogens with zero attached hydrogens (tertiary/aromatic N) is 3. The second kappa shape index (κ2) is 6.93. The molecule has 9 heteroatoms. The van der Waals surface area contributed by atoms with Crippen molar-refractivity contribution in [3.05, 3.63) is 65.7 Å². The highest BCUT2D eigenvalue weighted by molar-refractivity contribution is 7.89. The van der Waals surface area contributed by atoms with Crippen molar-refractivity contribution < 1.29 is 22.0 Å². The molecule has 1 aromatic carbocycles. The Bertz CT molecular complexity index is 1200. The van der Waals surface area contributed by atoms with Gasteiger partial charge in [0.1, 0.15) is 22.2 Å². The fraction of sp³-hybridized carbons (Fsp3) is 0.364. The van der Waals surface area contributed by atoms with Gasteiger partial charge in [-0.1, -0.05) is 12.1 Å². The van der Waals surface area contributed by atoms with Crippen LogP contribution in [0, 0.1) is 11.2 Å². The monoisotopic (exact) mass is 445 g/mol. The number of fused-ring (bicyclic) bond motifs is 1. The summed E-state index contributed by atoms with van der Waals surface area (Å²) in [6.07, 6.45) is 4.10. The maximum atomic E-state index is 14.5. The Hall–Kier alpha value is -2.65. The average Bonchev–Trinajstić information content (AvgIpc) is 2.76. The van der Waals surface area contributed by atoms with Crippen LogP contribution in [-0.2, 0) is 10.0 Å². The zero-order chi connectivity index (χ0) is 22.0. The number of carbonyl (C=O) groups is 1. The molecule has 1 spiro atoms. The van der Waals surface area contributed by atoms with Crippen LogP contribution < -0.4 is 0 Å². The van der Waals surface area contributed by atoms with Gasteiger partial charge in [-0.25, -0.2) is 17.2 Å². The highest BCUT2D eigenvalue weighted by Gasteiger charge is 2.58. The Morgan fingerprint density at radius 2 is 1.81 bits per heavy atom. The molecule has 0 N–H and O–H groups in total. The number of sulfonamides is 1. The van der Waals surface area contributed by atoms with Crippen molar-refractivity contribution in [2.45, 2.75) is 36.7 Å². The minimum absolute atomic E-state index is 0.0571. The minimum atomic E-state index is -3.89. The fourth-order valence-corrected chi connectivity index (χ4v) is 6.75. The third-order valence-corrected chi connectivity index (χ3v) is 8.36. The number of rotatable bonds is 3. The van der Waals surface area contributed by atoms with Gasteiger partial charge in [-0.2, -0.15) is 4.31 Å². The largest absolute Gasteiger partial charge is 0.329 e. The quantitative estimate of drug-likeness (QED) is 0.728. The minimum Gasteiger partial charge on any atom is -0.329 e. The van der Waals surface area contributed by atoms with E-state index >= 15 is 0 Å². The summed E-state index contributed by atoms with van der Waals surface area (Å²) in [7, 11) is -3.89. The number of benzene rings is 1. The zero-order valence-electron chi connectivity index (χ0n) is 16.8. The molecule has 1 unspecified atom stereocenters. The second-order valence-corrected chi connectivity index (χ2v) is 10.5. The number of pyridine rings is 1. The van der Waals surface area contributed by atoms with Crippen molar-refractivity contribution in [1.82, 2.24) is 14.2 Å². The van der Waals surface area contributed by atoms with E-state index in [2.05, 4.69) is 4.98 Å². The predicted octanol–water partition coefficient (Wildman–Crippen LogP) is 3.23. The summed E-state index contributed by atoms with van der Waals surface area (Å²) >= 11 is 0. The molecule has 3 heterocycles. The molecule has 0 radical (unpaired) electrons. The lowest BCUT2D eigenvalue weighted by Gasteiger charge is -2.60. The molecule has 2 fully saturated rings. The highest BCUT2D eigenvalue weighted by Crippen LogP contribution is 2.52. The molecule has 5 rings (SSSR count). The van der Waals surface area contributed by atoms with Gasteiger partial charge in [-0.05, 0) is 50.1 Å². The maximum Gasteiger partial charge on any atom is 0.256 e. The predicted molar refractivity (Wildman–Crippen MR) is 110 cm³/mol. The number of aromatic nitrogens is 1. The van der Waals surface area contributed by atoms with E-state index in [1.54, 1.807) is 24.0 Å². The van der Waals surface area contributed by atoms with E-state index in [9.17, 15) is 22.0 Å². The summed E-state index contributed by atoms with van der Waals surface area (Å²) in [6, 6.07) is 7.97. The summed E-state index contributed by atoms with van der Waals surface area (Å²) in [4.78, 5) is 18.5. The van der Waals surface area contributed by atoms with Gasteiger partial charge in [0.25, 0.3) is 5.91 Å². The Kier molecular flexibility index (Phi) is 4.53. The molecule has 1 atom stereocenters. The van der Waals surface area contributed by atoms with Gasteiger partial charge in [0.05, 0.1) is 11.6 Å². The molecule has 2 aliphatic heterocycles. The summed E-state index contributed by atoms with van der Waals surface area (Å²) in [5.74, 6) is -1.55. The first-order valence-corrected chi connectivity index (χ1v) is 11.6. The van der Waals surface area contributed by atoms with E-state index in [1.807, 2.05) is 0 Å². The average molecular weight is 445 g/mol. The summed E-state index contributed by atoms with van der Waals surface area (Å²) in [5.41, 5.74) is 0.0654. The van der Waals surface area contributed by atoms with Gasteiger partial charge in [-0.3, -0.25) is 9.78 Å². The molecular formula is C22H21F2N3O3S. The Balaban J connectivity index is 1.31. The number of hydrogen-bond acceptors (Lipinski definition) is 4. The van der Waals surface area contributed by atoms with Gasteiger partial charge < -0.3 is 4.90 Å². The lowest BCUT2D eigenvalue weighted by Crippen LogP contribution is -2.68. The maximum absolute atomic E-state index is 14.5. The van der Waals surface area contributed by atoms with Gasteiger partial charge in [0.2, 0.25) is 10.0 Å².